The minimum absolute atomic E-state index is 0.0161. The van der Waals surface area contributed by atoms with Crippen molar-refractivity contribution in [3.05, 3.63) is 51.2 Å². The zero-order chi connectivity index (χ0) is 19.4. The Balaban J connectivity index is 1.62. The van der Waals surface area contributed by atoms with Crippen molar-refractivity contribution in [2.75, 3.05) is 13.2 Å². The number of halogens is 1. The smallest absolute Gasteiger partial charge is 0.288 e. The molecule has 1 N–H and O–H groups in total. The molecular weight excluding hydrogens is 378 g/mol. The number of carbonyl (C=O) groups is 1. The van der Waals surface area contributed by atoms with Crippen molar-refractivity contribution in [2.24, 2.45) is 5.10 Å². The van der Waals surface area contributed by atoms with Crippen LogP contribution in [0.5, 0.6) is 0 Å². The van der Waals surface area contributed by atoms with Crippen molar-refractivity contribution >= 4 is 29.4 Å². The summed E-state index contributed by atoms with van der Waals surface area (Å²) >= 11 is 5.80. The van der Waals surface area contributed by atoms with Crippen LogP contribution >= 0.6 is 11.6 Å². The Kier molecular flexibility index (Phi) is 5.54. The third kappa shape index (κ3) is 4.70. The highest BCUT2D eigenvalue weighted by Crippen LogP contribution is 2.31. The van der Waals surface area contributed by atoms with Crippen LogP contribution in [-0.2, 0) is 14.3 Å². The van der Waals surface area contributed by atoms with E-state index in [1.807, 2.05) is 0 Å². The fourth-order valence-electron chi connectivity index (χ4n) is 2.54. The van der Waals surface area contributed by atoms with Crippen molar-refractivity contribution in [2.45, 2.75) is 19.1 Å². The average molecular weight is 394 g/mol. The zero-order valence-corrected chi connectivity index (χ0v) is 15.1. The van der Waals surface area contributed by atoms with Gasteiger partial charge in [-0.2, -0.15) is 5.10 Å². The molecule has 3 rings (SSSR count). The molecule has 1 aromatic heterocycles. The highest BCUT2D eigenvalue weighted by atomic mass is 35.5. The Morgan fingerprint density at radius 3 is 2.81 bits per heavy atom. The van der Waals surface area contributed by atoms with Gasteiger partial charge >= 0.3 is 0 Å². The number of amides is 1. The maximum atomic E-state index is 11.9. The van der Waals surface area contributed by atoms with Crippen molar-refractivity contribution in [3.8, 4) is 11.3 Å². The normalized spacial score (nSPS) is 15.9. The van der Waals surface area contributed by atoms with Gasteiger partial charge in [0.15, 0.2) is 5.79 Å². The van der Waals surface area contributed by atoms with Crippen LogP contribution in [0, 0.1) is 10.1 Å². The van der Waals surface area contributed by atoms with E-state index in [0.717, 1.165) is 0 Å². The van der Waals surface area contributed by atoms with E-state index in [1.165, 1.54) is 18.3 Å². The first-order valence-electron chi connectivity index (χ1n) is 8.00. The number of rotatable bonds is 6. The van der Waals surface area contributed by atoms with Gasteiger partial charge in [0.1, 0.15) is 16.5 Å². The molecule has 0 radical (unpaired) electrons. The molecular formula is C17H16ClN3O6. The predicted molar refractivity (Wildman–Crippen MR) is 96.5 cm³/mol. The zero-order valence-electron chi connectivity index (χ0n) is 14.3. The second-order valence-electron chi connectivity index (χ2n) is 5.93. The minimum atomic E-state index is -0.930. The van der Waals surface area contributed by atoms with E-state index in [2.05, 4.69) is 10.5 Å². The van der Waals surface area contributed by atoms with Crippen molar-refractivity contribution < 1.29 is 23.6 Å². The van der Waals surface area contributed by atoms with Gasteiger partial charge in [-0.25, -0.2) is 5.43 Å². The molecule has 0 saturated carbocycles. The number of furan rings is 1. The standard InChI is InChI=1S/C17H16ClN3O6/c1-17(25-6-7-26-17)9-16(22)20-19-10-12-3-5-15(27-12)11-2-4-13(18)14(8-11)21(23)24/h2-5,8,10H,6-7,9H2,1H3,(H,20,22). The van der Waals surface area contributed by atoms with E-state index in [9.17, 15) is 14.9 Å². The van der Waals surface area contributed by atoms with E-state index in [-0.39, 0.29) is 23.0 Å². The Morgan fingerprint density at radius 1 is 1.37 bits per heavy atom. The SMILES string of the molecule is CC1(CC(=O)NN=Cc2ccc(-c3ccc(Cl)c([N+](=O)[O-])c3)o2)OCCO1. The molecule has 0 bridgehead atoms. The summed E-state index contributed by atoms with van der Waals surface area (Å²) in [6.45, 7) is 2.59. The molecule has 9 nitrogen and oxygen atoms in total. The molecule has 1 saturated heterocycles. The Hall–Kier alpha value is -2.75. The van der Waals surface area contributed by atoms with Gasteiger partial charge in [-0.05, 0) is 31.2 Å². The summed E-state index contributed by atoms with van der Waals surface area (Å²) in [5, 5.41) is 14.8. The van der Waals surface area contributed by atoms with Gasteiger partial charge < -0.3 is 13.9 Å². The topological polar surface area (TPSA) is 116 Å². The highest BCUT2D eigenvalue weighted by molar-refractivity contribution is 6.32. The number of nitrogens with zero attached hydrogens (tertiary/aromatic N) is 2. The molecule has 10 heteroatoms. The number of nitro benzene ring substituents is 1. The number of nitrogens with one attached hydrogen (secondary N) is 1. The summed E-state index contributed by atoms with van der Waals surface area (Å²) in [6, 6.07) is 7.62. The quantitative estimate of drug-likeness (QED) is 0.458. The van der Waals surface area contributed by atoms with Crippen LogP contribution in [0.1, 0.15) is 19.1 Å². The second-order valence-corrected chi connectivity index (χ2v) is 6.33. The number of benzene rings is 1. The van der Waals surface area contributed by atoms with Crippen molar-refractivity contribution in [1.82, 2.24) is 5.43 Å². The first-order valence-corrected chi connectivity index (χ1v) is 8.38. The lowest BCUT2D eigenvalue weighted by Gasteiger charge is -2.20. The van der Waals surface area contributed by atoms with Crippen LogP contribution in [0.4, 0.5) is 5.69 Å². The number of ether oxygens (including phenoxy) is 2. The number of hydrazone groups is 1. The van der Waals surface area contributed by atoms with Gasteiger partial charge in [-0.3, -0.25) is 14.9 Å². The summed E-state index contributed by atoms with van der Waals surface area (Å²) in [6.07, 6.45) is 1.34. The molecule has 0 atom stereocenters. The molecule has 0 spiro atoms. The minimum Gasteiger partial charge on any atom is -0.455 e. The molecule has 2 aromatic rings. The van der Waals surface area contributed by atoms with Crippen molar-refractivity contribution in [3.63, 3.8) is 0 Å². The maximum Gasteiger partial charge on any atom is 0.288 e. The lowest BCUT2D eigenvalue weighted by Crippen LogP contribution is -2.33. The molecule has 142 valence electrons. The number of nitro groups is 1. The highest BCUT2D eigenvalue weighted by Gasteiger charge is 2.33. The summed E-state index contributed by atoms with van der Waals surface area (Å²) in [4.78, 5) is 22.3. The predicted octanol–water partition coefficient (Wildman–Crippen LogP) is 3.11. The molecule has 1 aliphatic rings. The molecule has 2 heterocycles. The van der Waals surface area contributed by atoms with Gasteiger partial charge in [0.05, 0.1) is 30.8 Å². The van der Waals surface area contributed by atoms with Gasteiger partial charge in [-0.15, -0.1) is 0 Å². The van der Waals surface area contributed by atoms with Crippen LogP contribution in [0.25, 0.3) is 11.3 Å². The molecule has 27 heavy (non-hydrogen) atoms. The van der Waals surface area contributed by atoms with Crippen LogP contribution < -0.4 is 5.43 Å². The maximum absolute atomic E-state index is 11.9. The molecule has 1 aromatic carbocycles. The Bertz CT molecular complexity index is 889. The van der Waals surface area contributed by atoms with E-state index in [1.54, 1.807) is 25.1 Å². The van der Waals surface area contributed by atoms with Gasteiger partial charge in [0.2, 0.25) is 5.91 Å². The first kappa shape index (κ1) is 19.0. The number of hydrogen-bond acceptors (Lipinski definition) is 7. The van der Waals surface area contributed by atoms with Crippen LogP contribution in [0.15, 0.2) is 39.9 Å². The van der Waals surface area contributed by atoms with Crippen LogP contribution in [0.2, 0.25) is 5.02 Å². The fourth-order valence-corrected chi connectivity index (χ4v) is 2.73. The second kappa shape index (κ2) is 7.87. The number of hydrogen-bond donors (Lipinski definition) is 1. The summed E-state index contributed by atoms with van der Waals surface area (Å²) in [5.74, 6) is -0.526. The first-order chi connectivity index (χ1) is 12.9. The van der Waals surface area contributed by atoms with Crippen LogP contribution in [0.3, 0.4) is 0 Å². The Labute approximate surface area is 159 Å². The molecule has 1 amide bonds. The average Bonchev–Trinajstić information content (AvgIpc) is 3.24. The van der Waals surface area contributed by atoms with Gasteiger partial charge in [0.25, 0.3) is 5.69 Å². The molecule has 1 aliphatic heterocycles. The van der Waals surface area contributed by atoms with Crippen LogP contribution in [-0.4, -0.2) is 36.0 Å². The molecule has 1 fully saturated rings. The van der Waals surface area contributed by atoms with Gasteiger partial charge in [-0.1, -0.05) is 11.6 Å². The molecule has 0 aliphatic carbocycles. The number of carbonyl (C=O) groups excluding carboxylic acids is 1. The van der Waals surface area contributed by atoms with E-state index >= 15 is 0 Å². The largest absolute Gasteiger partial charge is 0.455 e. The van der Waals surface area contributed by atoms with E-state index in [4.69, 9.17) is 25.5 Å². The summed E-state index contributed by atoms with van der Waals surface area (Å²) in [7, 11) is 0. The third-order valence-electron chi connectivity index (χ3n) is 3.81. The Morgan fingerprint density at radius 2 is 2.11 bits per heavy atom. The third-order valence-corrected chi connectivity index (χ3v) is 4.13. The van der Waals surface area contributed by atoms with Crippen molar-refractivity contribution in [1.29, 1.82) is 0 Å². The van der Waals surface area contributed by atoms with E-state index < -0.39 is 10.7 Å². The van der Waals surface area contributed by atoms with Gasteiger partial charge in [0, 0.05) is 11.6 Å². The van der Waals surface area contributed by atoms with E-state index in [0.29, 0.717) is 30.3 Å². The lowest BCUT2D eigenvalue weighted by molar-refractivity contribution is -0.384. The summed E-state index contributed by atoms with van der Waals surface area (Å²) < 4.78 is 16.3. The molecule has 0 unspecified atom stereocenters. The summed E-state index contributed by atoms with van der Waals surface area (Å²) in [5.41, 5.74) is 2.66. The fraction of sp³-hybridized carbons (Fsp3) is 0.294. The lowest BCUT2D eigenvalue weighted by atomic mass is 10.1. The monoisotopic (exact) mass is 393 g/mol.